The van der Waals surface area contributed by atoms with Crippen molar-refractivity contribution in [2.45, 2.75) is 103 Å². The minimum Gasteiger partial charge on any atom is -0.330 e. The molecule has 0 saturated carbocycles. The van der Waals surface area contributed by atoms with Crippen LogP contribution in [0.3, 0.4) is 0 Å². The highest BCUT2D eigenvalue weighted by Gasteiger charge is 2.22. The van der Waals surface area contributed by atoms with E-state index in [9.17, 15) is 0 Å². The highest BCUT2D eigenvalue weighted by atomic mass is 15.2. The van der Waals surface area contributed by atoms with E-state index in [0.29, 0.717) is 0 Å². The Labute approximate surface area is 133 Å². The van der Waals surface area contributed by atoms with Gasteiger partial charge in [0.05, 0.1) is 0 Å². The van der Waals surface area contributed by atoms with Crippen LogP contribution in [0.4, 0.5) is 0 Å². The number of nitrogens with two attached hydrogens (primary N) is 1. The molecule has 0 aliphatic carbocycles. The molecule has 0 aromatic heterocycles. The fourth-order valence-electron chi connectivity index (χ4n) is 3.67. The molecule has 0 bridgehead atoms. The number of likely N-dealkylation sites (tertiary alicyclic amines) is 1. The van der Waals surface area contributed by atoms with Crippen LogP contribution in [0, 0.1) is 0 Å². The number of nitrogens with zero attached hydrogens (tertiary/aromatic N) is 1. The topological polar surface area (TPSA) is 29.3 Å². The van der Waals surface area contributed by atoms with Crippen molar-refractivity contribution in [1.82, 2.24) is 4.90 Å². The van der Waals surface area contributed by atoms with Crippen LogP contribution in [-0.2, 0) is 0 Å². The molecule has 0 amide bonds. The Kier molecular flexibility index (Phi) is 12.3. The molecule has 1 fully saturated rings. The van der Waals surface area contributed by atoms with Gasteiger partial charge in [0.1, 0.15) is 0 Å². The van der Waals surface area contributed by atoms with E-state index in [-0.39, 0.29) is 0 Å². The lowest BCUT2D eigenvalue weighted by Gasteiger charge is -2.24. The van der Waals surface area contributed by atoms with Crippen molar-refractivity contribution in [2.75, 3.05) is 19.6 Å². The predicted molar refractivity (Wildman–Crippen MR) is 94.7 cm³/mol. The molecule has 0 radical (unpaired) electrons. The van der Waals surface area contributed by atoms with E-state index in [0.717, 1.165) is 12.6 Å². The molecule has 1 atom stereocenters. The minimum absolute atomic E-state index is 0.854. The maximum absolute atomic E-state index is 5.64. The van der Waals surface area contributed by atoms with Crippen molar-refractivity contribution in [2.24, 2.45) is 5.73 Å². The molecular formula is C19H40N2. The second kappa shape index (κ2) is 13.6. The SMILES string of the molecule is CCCCCCCCCCCCN1CCCC1CCCN. The molecule has 0 aromatic carbocycles. The monoisotopic (exact) mass is 296 g/mol. The van der Waals surface area contributed by atoms with Crippen molar-refractivity contribution in [3.8, 4) is 0 Å². The molecule has 126 valence electrons. The first kappa shape index (κ1) is 19.0. The van der Waals surface area contributed by atoms with Crippen LogP contribution in [0.25, 0.3) is 0 Å². The Morgan fingerprint density at radius 2 is 1.48 bits per heavy atom. The third-order valence-corrected chi connectivity index (χ3v) is 5.04. The normalized spacial score (nSPS) is 19.4. The van der Waals surface area contributed by atoms with Crippen LogP contribution < -0.4 is 5.73 Å². The van der Waals surface area contributed by atoms with E-state index in [1.54, 1.807) is 0 Å². The van der Waals surface area contributed by atoms with Crippen LogP contribution in [0.2, 0.25) is 0 Å². The first-order valence-electron chi connectivity index (χ1n) is 9.82. The highest BCUT2D eigenvalue weighted by molar-refractivity contribution is 4.78. The first-order chi connectivity index (χ1) is 10.4. The molecule has 1 heterocycles. The highest BCUT2D eigenvalue weighted by Crippen LogP contribution is 2.21. The molecule has 1 aliphatic rings. The maximum atomic E-state index is 5.64. The molecule has 2 N–H and O–H groups in total. The molecule has 2 heteroatoms. The summed E-state index contributed by atoms with van der Waals surface area (Å²) in [6.45, 7) is 5.84. The fraction of sp³-hybridized carbons (Fsp3) is 1.00. The molecule has 1 rings (SSSR count). The van der Waals surface area contributed by atoms with Crippen molar-refractivity contribution < 1.29 is 0 Å². The number of unbranched alkanes of at least 4 members (excludes halogenated alkanes) is 9. The van der Waals surface area contributed by atoms with Gasteiger partial charge in [-0.05, 0) is 51.7 Å². The smallest absolute Gasteiger partial charge is 0.00962 e. The Hall–Kier alpha value is -0.0800. The van der Waals surface area contributed by atoms with Crippen LogP contribution in [-0.4, -0.2) is 30.6 Å². The van der Waals surface area contributed by atoms with Crippen molar-refractivity contribution in [3.63, 3.8) is 0 Å². The number of rotatable bonds is 14. The van der Waals surface area contributed by atoms with E-state index >= 15 is 0 Å². The first-order valence-corrected chi connectivity index (χ1v) is 9.82. The molecule has 0 spiro atoms. The van der Waals surface area contributed by atoms with E-state index in [4.69, 9.17) is 5.73 Å². The summed E-state index contributed by atoms with van der Waals surface area (Å²) in [6, 6.07) is 0.854. The molecule has 1 aliphatic heterocycles. The number of hydrogen-bond acceptors (Lipinski definition) is 2. The van der Waals surface area contributed by atoms with Gasteiger partial charge in [-0.2, -0.15) is 0 Å². The molecular weight excluding hydrogens is 256 g/mol. The van der Waals surface area contributed by atoms with Crippen LogP contribution in [0.15, 0.2) is 0 Å². The zero-order chi connectivity index (χ0) is 15.2. The van der Waals surface area contributed by atoms with E-state index in [2.05, 4.69) is 11.8 Å². The van der Waals surface area contributed by atoms with Gasteiger partial charge in [0.15, 0.2) is 0 Å². The summed E-state index contributed by atoms with van der Waals surface area (Å²) in [5, 5.41) is 0. The summed E-state index contributed by atoms with van der Waals surface area (Å²) < 4.78 is 0. The summed E-state index contributed by atoms with van der Waals surface area (Å²) in [5.41, 5.74) is 5.64. The zero-order valence-electron chi connectivity index (χ0n) is 14.6. The average Bonchev–Trinajstić information content (AvgIpc) is 2.94. The summed E-state index contributed by atoms with van der Waals surface area (Å²) >= 11 is 0. The van der Waals surface area contributed by atoms with Gasteiger partial charge in [-0.3, -0.25) is 0 Å². The van der Waals surface area contributed by atoms with Crippen LogP contribution in [0.1, 0.15) is 96.8 Å². The maximum Gasteiger partial charge on any atom is 0.00962 e. The van der Waals surface area contributed by atoms with Crippen LogP contribution in [0.5, 0.6) is 0 Å². The van der Waals surface area contributed by atoms with Gasteiger partial charge in [-0.15, -0.1) is 0 Å². The van der Waals surface area contributed by atoms with Gasteiger partial charge in [-0.1, -0.05) is 64.7 Å². The lowest BCUT2D eigenvalue weighted by molar-refractivity contribution is 0.235. The average molecular weight is 297 g/mol. The molecule has 21 heavy (non-hydrogen) atoms. The van der Waals surface area contributed by atoms with Gasteiger partial charge in [0.2, 0.25) is 0 Å². The van der Waals surface area contributed by atoms with Gasteiger partial charge in [-0.25, -0.2) is 0 Å². The summed E-state index contributed by atoms with van der Waals surface area (Å²) in [7, 11) is 0. The van der Waals surface area contributed by atoms with E-state index in [1.807, 2.05) is 0 Å². The molecule has 2 nitrogen and oxygen atoms in total. The number of hydrogen-bond donors (Lipinski definition) is 1. The third kappa shape index (κ3) is 9.52. The van der Waals surface area contributed by atoms with Crippen molar-refractivity contribution >= 4 is 0 Å². The van der Waals surface area contributed by atoms with E-state index in [1.165, 1.54) is 103 Å². The lowest BCUT2D eigenvalue weighted by Crippen LogP contribution is -2.30. The molecule has 1 unspecified atom stereocenters. The predicted octanol–water partition coefficient (Wildman–Crippen LogP) is 5.11. The molecule has 1 saturated heterocycles. The zero-order valence-corrected chi connectivity index (χ0v) is 14.6. The second-order valence-corrected chi connectivity index (χ2v) is 6.94. The minimum atomic E-state index is 0.854. The Balaban J connectivity index is 1.87. The Bertz CT molecular complexity index is 218. The summed E-state index contributed by atoms with van der Waals surface area (Å²) in [6.07, 6.45) is 19.8. The van der Waals surface area contributed by atoms with E-state index < -0.39 is 0 Å². The van der Waals surface area contributed by atoms with Gasteiger partial charge >= 0.3 is 0 Å². The molecule has 0 aromatic rings. The third-order valence-electron chi connectivity index (χ3n) is 5.04. The lowest BCUT2D eigenvalue weighted by atomic mass is 10.1. The van der Waals surface area contributed by atoms with Crippen molar-refractivity contribution in [1.29, 1.82) is 0 Å². The van der Waals surface area contributed by atoms with Gasteiger partial charge in [0, 0.05) is 6.04 Å². The summed E-state index contributed by atoms with van der Waals surface area (Å²) in [4.78, 5) is 2.74. The van der Waals surface area contributed by atoms with Crippen molar-refractivity contribution in [3.05, 3.63) is 0 Å². The summed E-state index contributed by atoms with van der Waals surface area (Å²) in [5.74, 6) is 0. The Morgan fingerprint density at radius 3 is 2.10 bits per heavy atom. The fourth-order valence-corrected chi connectivity index (χ4v) is 3.67. The van der Waals surface area contributed by atoms with Crippen LogP contribution >= 0.6 is 0 Å². The second-order valence-electron chi connectivity index (χ2n) is 6.94. The largest absolute Gasteiger partial charge is 0.330 e. The Morgan fingerprint density at radius 1 is 0.857 bits per heavy atom. The van der Waals surface area contributed by atoms with Gasteiger partial charge < -0.3 is 10.6 Å². The quantitative estimate of drug-likeness (QED) is 0.451. The van der Waals surface area contributed by atoms with Gasteiger partial charge in [0.25, 0.3) is 0 Å². The standard InChI is InChI=1S/C19H40N2/c1-2-3-4-5-6-7-8-9-10-11-17-21-18-13-15-19(21)14-12-16-20/h19H,2-18,20H2,1H3.